The number of rotatable bonds is 6. The summed E-state index contributed by atoms with van der Waals surface area (Å²) in [6.07, 6.45) is 5.05. The Kier molecular flexibility index (Phi) is 5.07. The first kappa shape index (κ1) is 18.6. The third kappa shape index (κ3) is 3.40. The third-order valence-corrected chi connectivity index (χ3v) is 7.11. The molecule has 4 heteroatoms. The molecule has 140 valence electrons. The maximum atomic E-state index is 6.07. The fourth-order valence-electron chi connectivity index (χ4n) is 5.61. The van der Waals surface area contributed by atoms with E-state index in [1.165, 1.54) is 19.3 Å². The Bertz CT molecular complexity index is 421. The van der Waals surface area contributed by atoms with Crippen molar-refractivity contribution in [3.8, 4) is 0 Å². The molecule has 2 saturated carbocycles. The summed E-state index contributed by atoms with van der Waals surface area (Å²) in [5, 5.41) is 0. The molecular weight excluding hydrogens is 304 g/mol. The van der Waals surface area contributed by atoms with Gasteiger partial charge in [-0.1, -0.05) is 6.92 Å². The van der Waals surface area contributed by atoms with Gasteiger partial charge in [-0.15, -0.1) is 0 Å². The van der Waals surface area contributed by atoms with Crippen molar-refractivity contribution in [1.29, 1.82) is 0 Å². The Morgan fingerprint density at radius 2 is 1.54 bits per heavy atom. The summed E-state index contributed by atoms with van der Waals surface area (Å²) in [5.41, 5.74) is 0.421. The largest absolute Gasteiger partial charge is 0.354 e. The molecule has 5 atom stereocenters. The number of ether oxygens (including phenoxy) is 4. The summed E-state index contributed by atoms with van der Waals surface area (Å²) >= 11 is 0. The molecule has 4 nitrogen and oxygen atoms in total. The lowest BCUT2D eigenvalue weighted by atomic mass is 9.74. The number of hydrogen-bond acceptors (Lipinski definition) is 4. The van der Waals surface area contributed by atoms with Crippen molar-refractivity contribution in [2.45, 2.75) is 71.9 Å². The summed E-state index contributed by atoms with van der Waals surface area (Å²) in [6, 6.07) is 0. The zero-order valence-corrected chi connectivity index (χ0v) is 16.4. The van der Waals surface area contributed by atoms with E-state index in [0.29, 0.717) is 17.3 Å². The van der Waals surface area contributed by atoms with Crippen molar-refractivity contribution in [1.82, 2.24) is 0 Å². The monoisotopic (exact) mass is 340 g/mol. The molecule has 3 aliphatic rings. The minimum Gasteiger partial charge on any atom is -0.354 e. The van der Waals surface area contributed by atoms with E-state index in [0.717, 1.165) is 38.1 Å². The number of methoxy groups -OCH3 is 1. The third-order valence-electron chi connectivity index (χ3n) is 7.11. The van der Waals surface area contributed by atoms with Crippen LogP contribution in [-0.4, -0.2) is 38.5 Å². The molecule has 1 aliphatic heterocycles. The van der Waals surface area contributed by atoms with Gasteiger partial charge in [0, 0.05) is 7.11 Å². The van der Waals surface area contributed by atoms with Gasteiger partial charge in [-0.05, 0) is 82.5 Å². The summed E-state index contributed by atoms with van der Waals surface area (Å²) in [7, 11) is 1.70. The van der Waals surface area contributed by atoms with Crippen LogP contribution in [0.5, 0.6) is 0 Å². The molecule has 24 heavy (non-hydrogen) atoms. The van der Waals surface area contributed by atoms with E-state index < -0.39 is 11.6 Å². The molecule has 2 bridgehead atoms. The van der Waals surface area contributed by atoms with Gasteiger partial charge in [-0.2, -0.15) is 0 Å². The maximum absolute atomic E-state index is 6.07. The highest BCUT2D eigenvalue weighted by molar-refractivity contribution is 5.09. The van der Waals surface area contributed by atoms with Gasteiger partial charge in [0.25, 0.3) is 0 Å². The minimum absolute atomic E-state index is 0.417. The van der Waals surface area contributed by atoms with E-state index >= 15 is 0 Å². The first-order chi connectivity index (χ1) is 11.2. The van der Waals surface area contributed by atoms with Gasteiger partial charge in [0.05, 0.1) is 19.8 Å². The van der Waals surface area contributed by atoms with Crippen LogP contribution in [0.3, 0.4) is 0 Å². The van der Waals surface area contributed by atoms with Crippen LogP contribution in [0.15, 0.2) is 0 Å². The molecule has 0 spiro atoms. The Labute approximate surface area is 147 Å². The SMILES string of the molecule is COC(C)(C)OCCCC1(C)[C@@H]2CC[C@H]1[C@H]1COC(C)(C)OC[C@H]12. The smallest absolute Gasteiger partial charge is 0.162 e. The average Bonchev–Trinajstić information content (AvgIpc) is 2.88. The Morgan fingerprint density at radius 1 is 1.00 bits per heavy atom. The quantitative estimate of drug-likeness (QED) is 0.536. The fraction of sp³-hybridized carbons (Fsp3) is 1.00. The molecule has 0 aromatic carbocycles. The average molecular weight is 341 g/mol. The van der Waals surface area contributed by atoms with Crippen LogP contribution in [0.1, 0.15) is 60.3 Å². The second-order valence-corrected chi connectivity index (χ2v) is 9.20. The molecule has 0 radical (unpaired) electrons. The van der Waals surface area contributed by atoms with Crippen LogP contribution in [0.25, 0.3) is 0 Å². The van der Waals surface area contributed by atoms with Crippen LogP contribution < -0.4 is 0 Å². The van der Waals surface area contributed by atoms with E-state index in [2.05, 4.69) is 6.92 Å². The predicted molar refractivity (Wildman–Crippen MR) is 93.6 cm³/mol. The molecule has 3 rings (SSSR count). The van der Waals surface area contributed by atoms with Gasteiger partial charge in [0.2, 0.25) is 0 Å². The van der Waals surface area contributed by atoms with Crippen LogP contribution >= 0.6 is 0 Å². The summed E-state index contributed by atoms with van der Waals surface area (Å²) in [5.74, 6) is 2.01. The molecule has 0 aromatic rings. The predicted octanol–water partition coefficient (Wildman–Crippen LogP) is 4.23. The molecule has 0 aromatic heterocycles. The molecule has 1 heterocycles. The maximum Gasteiger partial charge on any atom is 0.162 e. The van der Waals surface area contributed by atoms with E-state index in [-0.39, 0.29) is 0 Å². The van der Waals surface area contributed by atoms with Crippen molar-refractivity contribution in [2.75, 3.05) is 26.9 Å². The second kappa shape index (κ2) is 6.53. The molecular formula is C20H36O4. The lowest BCUT2D eigenvalue weighted by molar-refractivity contribution is -0.206. The van der Waals surface area contributed by atoms with Gasteiger partial charge in [-0.25, -0.2) is 0 Å². The highest BCUT2D eigenvalue weighted by Gasteiger charge is 2.61. The molecule has 0 amide bonds. The van der Waals surface area contributed by atoms with Crippen molar-refractivity contribution < 1.29 is 18.9 Å². The lowest BCUT2D eigenvalue weighted by Crippen LogP contribution is -2.31. The van der Waals surface area contributed by atoms with Crippen molar-refractivity contribution in [3.05, 3.63) is 0 Å². The fourth-order valence-corrected chi connectivity index (χ4v) is 5.61. The summed E-state index contributed by atoms with van der Waals surface area (Å²) in [4.78, 5) is 0. The molecule has 0 N–H and O–H groups in total. The van der Waals surface area contributed by atoms with Gasteiger partial charge in [-0.3, -0.25) is 0 Å². The Balaban J connectivity index is 1.59. The highest BCUT2D eigenvalue weighted by atomic mass is 16.7. The first-order valence-electron chi connectivity index (χ1n) is 9.65. The normalized spacial score (nSPS) is 41.2. The van der Waals surface area contributed by atoms with Gasteiger partial charge >= 0.3 is 0 Å². The van der Waals surface area contributed by atoms with Crippen molar-refractivity contribution in [3.63, 3.8) is 0 Å². The molecule has 1 unspecified atom stereocenters. The summed E-state index contributed by atoms with van der Waals surface area (Å²) in [6.45, 7) is 13.0. The Hall–Kier alpha value is -0.160. The van der Waals surface area contributed by atoms with Gasteiger partial charge < -0.3 is 18.9 Å². The van der Waals surface area contributed by atoms with E-state index in [1.807, 2.05) is 27.7 Å². The van der Waals surface area contributed by atoms with Crippen molar-refractivity contribution >= 4 is 0 Å². The zero-order chi connectivity index (χ0) is 17.6. The molecule has 1 saturated heterocycles. The molecule has 2 aliphatic carbocycles. The van der Waals surface area contributed by atoms with Crippen molar-refractivity contribution in [2.24, 2.45) is 29.1 Å². The van der Waals surface area contributed by atoms with Gasteiger partial charge in [0.15, 0.2) is 11.6 Å². The first-order valence-corrected chi connectivity index (χ1v) is 9.65. The van der Waals surface area contributed by atoms with Crippen LogP contribution in [0.2, 0.25) is 0 Å². The zero-order valence-electron chi connectivity index (χ0n) is 16.4. The number of hydrogen-bond donors (Lipinski definition) is 0. The van der Waals surface area contributed by atoms with E-state index in [9.17, 15) is 0 Å². The van der Waals surface area contributed by atoms with Crippen LogP contribution in [0, 0.1) is 29.1 Å². The highest BCUT2D eigenvalue weighted by Crippen LogP contribution is 2.65. The number of fused-ring (bicyclic) bond motifs is 5. The lowest BCUT2D eigenvalue weighted by Gasteiger charge is -2.33. The van der Waals surface area contributed by atoms with E-state index in [1.54, 1.807) is 7.11 Å². The van der Waals surface area contributed by atoms with Crippen LogP contribution in [0.4, 0.5) is 0 Å². The second-order valence-electron chi connectivity index (χ2n) is 9.20. The summed E-state index contributed by atoms with van der Waals surface area (Å²) < 4.78 is 23.4. The van der Waals surface area contributed by atoms with Crippen LogP contribution in [-0.2, 0) is 18.9 Å². The standard InChI is InChI=1S/C20H36O4/c1-18(2,21-6)22-11-7-10-20(5)16-8-9-17(20)15-13-24-19(3,4)23-12-14(15)16/h14-17H,7-13H2,1-6H3/t14-,15+,16-,17+,20?. The topological polar surface area (TPSA) is 36.9 Å². The molecule has 3 fully saturated rings. The minimum atomic E-state index is -0.477. The van der Waals surface area contributed by atoms with Gasteiger partial charge in [0.1, 0.15) is 0 Å². The Morgan fingerprint density at radius 3 is 2.04 bits per heavy atom. The van der Waals surface area contributed by atoms with E-state index in [4.69, 9.17) is 18.9 Å².